The topological polar surface area (TPSA) is 87.7 Å². The van der Waals surface area contributed by atoms with Crippen molar-refractivity contribution in [1.29, 1.82) is 0 Å². The molecule has 3 aromatic rings. The van der Waals surface area contributed by atoms with E-state index in [1.54, 1.807) is 14.0 Å². The number of amides is 4. The molecule has 176 valence electrons. The van der Waals surface area contributed by atoms with Crippen LogP contribution in [0.4, 0.5) is 4.79 Å². The zero-order chi connectivity index (χ0) is 24.3. The number of methoxy groups -OCH3 is 1. The molecule has 0 aliphatic carbocycles. The first-order valence-corrected chi connectivity index (χ1v) is 11.4. The van der Waals surface area contributed by atoms with Crippen molar-refractivity contribution in [2.75, 3.05) is 13.7 Å². The smallest absolute Gasteiger partial charge is 0.325 e. The van der Waals surface area contributed by atoms with E-state index in [4.69, 9.17) is 4.74 Å². The molecule has 7 heteroatoms. The molecule has 2 atom stereocenters. The number of fused-ring (bicyclic) bond motifs is 1. The average Bonchev–Trinajstić information content (AvgIpc) is 3.06. The fraction of sp³-hybridized carbons (Fsp3) is 0.296. The molecule has 0 radical (unpaired) electrons. The van der Waals surface area contributed by atoms with E-state index in [1.165, 1.54) is 5.56 Å². The van der Waals surface area contributed by atoms with Crippen LogP contribution < -0.4 is 15.4 Å². The number of aryl methyl sites for hydroxylation is 1. The lowest BCUT2D eigenvalue weighted by Crippen LogP contribution is -2.45. The maximum absolute atomic E-state index is 13.2. The van der Waals surface area contributed by atoms with Crippen LogP contribution in [0.1, 0.15) is 31.4 Å². The van der Waals surface area contributed by atoms with Gasteiger partial charge in [0.1, 0.15) is 17.8 Å². The van der Waals surface area contributed by atoms with Gasteiger partial charge in [-0.2, -0.15) is 0 Å². The van der Waals surface area contributed by atoms with Crippen molar-refractivity contribution in [1.82, 2.24) is 15.5 Å². The summed E-state index contributed by atoms with van der Waals surface area (Å²) < 4.78 is 5.26. The van der Waals surface area contributed by atoms with Gasteiger partial charge in [0.2, 0.25) is 5.91 Å². The molecule has 0 aromatic heterocycles. The molecule has 4 rings (SSSR count). The highest BCUT2D eigenvalue weighted by Crippen LogP contribution is 2.32. The quantitative estimate of drug-likeness (QED) is 0.502. The second-order valence-corrected chi connectivity index (χ2v) is 8.87. The highest BCUT2D eigenvalue weighted by Gasteiger charge is 2.49. The Morgan fingerprint density at radius 1 is 1.06 bits per heavy atom. The van der Waals surface area contributed by atoms with E-state index in [0.29, 0.717) is 5.56 Å². The minimum atomic E-state index is -1.25. The van der Waals surface area contributed by atoms with Crippen molar-refractivity contribution in [3.05, 3.63) is 77.9 Å². The maximum atomic E-state index is 13.2. The van der Waals surface area contributed by atoms with Crippen molar-refractivity contribution in [2.24, 2.45) is 0 Å². The lowest BCUT2D eigenvalue weighted by Gasteiger charge is -2.23. The van der Waals surface area contributed by atoms with Gasteiger partial charge >= 0.3 is 6.03 Å². The lowest BCUT2D eigenvalue weighted by molar-refractivity contribution is -0.135. The van der Waals surface area contributed by atoms with E-state index in [-0.39, 0.29) is 18.5 Å². The molecule has 0 unspecified atom stereocenters. The summed E-state index contributed by atoms with van der Waals surface area (Å²) in [7, 11) is 1.61. The summed E-state index contributed by atoms with van der Waals surface area (Å²) in [4.78, 5) is 39.5. The SMILES string of the molecule is COc1ccc2cc([C@@]3(C)NC(=O)N(CC(=O)N[C@H](C)CCc4ccccc4)C3=O)ccc2c1. The largest absolute Gasteiger partial charge is 0.497 e. The maximum Gasteiger partial charge on any atom is 0.325 e. The van der Waals surface area contributed by atoms with E-state index in [2.05, 4.69) is 10.6 Å². The molecule has 1 saturated heterocycles. The Hall–Kier alpha value is -3.87. The average molecular weight is 460 g/mol. The number of nitrogens with zero attached hydrogens (tertiary/aromatic N) is 1. The number of nitrogens with one attached hydrogen (secondary N) is 2. The van der Waals surface area contributed by atoms with Crippen LogP contribution in [0.3, 0.4) is 0 Å². The molecule has 0 saturated carbocycles. The van der Waals surface area contributed by atoms with E-state index < -0.39 is 17.5 Å². The summed E-state index contributed by atoms with van der Waals surface area (Å²) >= 11 is 0. The first-order chi connectivity index (χ1) is 16.3. The second kappa shape index (κ2) is 9.55. The Kier molecular flexibility index (Phi) is 6.54. The van der Waals surface area contributed by atoms with Gasteiger partial charge in [-0.1, -0.05) is 48.5 Å². The molecule has 1 aliphatic rings. The molecular formula is C27H29N3O4. The summed E-state index contributed by atoms with van der Waals surface area (Å²) in [5.41, 5.74) is 0.606. The molecule has 7 nitrogen and oxygen atoms in total. The van der Waals surface area contributed by atoms with Gasteiger partial charge in [-0.15, -0.1) is 0 Å². The molecule has 1 aliphatic heterocycles. The molecule has 1 heterocycles. The Morgan fingerprint density at radius 3 is 2.50 bits per heavy atom. The monoisotopic (exact) mass is 459 g/mol. The standard InChI is InChI=1S/C27H29N3O4/c1-18(9-10-19-7-5-4-6-8-19)28-24(31)17-30-25(32)27(2,29-26(30)33)22-13-11-21-16-23(34-3)14-12-20(21)15-22/h4-8,11-16,18H,9-10,17H2,1-3H3,(H,28,31)(H,29,33)/t18-,27-/m1/s1. The minimum absolute atomic E-state index is 0.0858. The Balaban J connectivity index is 1.41. The van der Waals surface area contributed by atoms with E-state index in [0.717, 1.165) is 34.3 Å². The fourth-order valence-corrected chi connectivity index (χ4v) is 4.26. The van der Waals surface area contributed by atoms with Crippen LogP contribution in [-0.4, -0.2) is 42.4 Å². The summed E-state index contributed by atoms with van der Waals surface area (Å²) in [6.45, 7) is 3.26. The van der Waals surface area contributed by atoms with Gasteiger partial charge in [-0.25, -0.2) is 4.79 Å². The van der Waals surface area contributed by atoms with Crippen LogP contribution in [0.2, 0.25) is 0 Å². The Bertz CT molecular complexity index is 1230. The second-order valence-electron chi connectivity index (χ2n) is 8.87. The van der Waals surface area contributed by atoms with Gasteiger partial charge in [0.05, 0.1) is 7.11 Å². The number of carbonyl (C=O) groups is 3. The minimum Gasteiger partial charge on any atom is -0.497 e. The Labute approximate surface area is 199 Å². The van der Waals surface area contributed by atoms with E-state index >= 15 is 0 Å². The van der Waals surface area contributed by atoms with Crippen molar-refractivity contribution in [3.63, 3.8) is 0 Å². The first-order valence-electron chi connectivity index (χ1n) is 11.4. The third kappa shape index (κ3) is 4.73. The predicted molar refractivity (Wildman–Crippen MR) is 130 cm³/mol. The molecule has 34 heavy (non-hydrogen) atoms. The van der Waals surface area contributed by atoms with Crippen LogP contribution in [0, 0.1) is 0 Å². The third-order valence-electron chi connectivity index (χ3n) is 6.32. The number of ether oxygens (including phenoxy) is 1. The number of urea groups is 1. The van der Waals surface area contributed by atoms with Gasteiger partial charge < -0.3 is 15.4 Å². The molecule has 3 aromatic carbocycles. The highest BCUT2D eigenvalue weighted by atomic mass is 16.5. The van der Waals surface area contributed by atoms with Crippen LogP contribution in [0.5, 0.6) is 5.75 Å². The van der Waals surface area contributed by atoms with E-state index in [1.807, 2.05) is 73.7 Å². The number of benzene rings is 3. The van der Waals surface area contributed by atoms with Gasteiger partial charge in [0.25, 0.3) is 5.91 Å². The molecule has 0 bridgehead atoms. The van der Waals surface area contributed by atoms with Crippen molar-refractivity contribution in [3.8, 4) is 5.75 Å². The molecular weight excluding hydrogens is 430 g/mol. The van der Waals surface area contributed by atoms with Crippen LogP contribution in [-0.2, 0) is 21.5 Å². The number of hydrogen-bond acceptors (Lipinski definition) is 4. The van der Waals surface area contributed by atoms with Crippen LogP contribution in [0.25, 0.3) is 10.8 Å². The number of carbonyl (C=O) groups excluding carboxylic acids is 3. The van der Waals surface area contributed by atoms with Gasteiger partial charge in [0, 0.05) is 6.04 Å². The van der Waals surface area contributed by atoms with Crippen molar-refractivity contribution < 1.29 is 19.1 Å². The third-order valence-corrected chi connectivity index (χ3v) is 6.32. The van der Waals surface area contributed by atoms with Crippen LogP contribution >= 0.6 is 0 Å². The number of hydrogen-bond donors (Lipinski definition) is 2. The predicted octanol–water partition coefficient (Wildman–Crippen LogP) is 3.75. The lowest BCUT2D eigenvalue weighted by atomic mass is 9.90. The Morgan fingerprint density at radius 2 is 1.76 bits per heavy atom. The normalized spacial score (nSPS) is 18.6. The van der Waals surface area contributed by atoms with Crippen molar-refractivity contribution >= 4 is 28.6 Å². The highest BCUT2D eigenvalue weighted by molar-refractivity contribution is 6.09. The van der Waals surface area contributed by atoms with Crippen molar-refractivity contribution in [2.45, 2.75) is 38.3 Å². The molecule has 2 N–H and O–H groups in total. The first kappa shape index (κ1) is 23.3. The summed E-state index contributed by atoms with van der Waals surface area (Å²) in [5.74, 6) is -0.0664. The van der Waals surface area contributed by atoms with Gasteiger partial charge in [-0.3, -0.25) is 14.5 Å². The summed E-state index contributed by atoms with van der Waals surface area (Å²) in [6.07, 6.45) is 1.59. The van der Waals surface area contributed by atoms with Gasteiger partial charge in [-0.05, 0) is 66.8 Å². The summed E-state index contributed by atoms with van der Waals surface area (Å²) in [5, 5.41) is 7.55. The summed E-state index contributed by atoms with van der Waals surface area (Å²) in [6, 6.07) is 20.6. The fourth-order valence-electron chi connectivity index (χ4n) is 4.26. The molecule has 1 fully saturated rings. The van der Waals surface area contributed by atoms with Crippen LogP contribution in [0.15, 0.2) is 66.7 Å². The number of imide groups is 1. The molecule has 0 spiro atoms. The van der Waals surface area contributed by atoms with E-state index in [9.17, 15) is 14.4 Å². The van der Waals surface area contributed by atoms with Gasteiger partial charge in [0.15, 0.2) is 0 Å². The molecule has 4 amide bonds. The zero-order valence-corrected chi connectivity index (χ0v) is 19.6. The number of rotatable bonds is 8. The zero-order valence-electron chi connectivity index (χ0n) is 19.6.